The van der Waals surface area contributed by atoms with Gasteiger partial charge in [0.1, 0.15) is 5.82 Å². The maximum Gasteiger partial charge on any atom is 0.251 e. The maximum atomic E-state index is 12.4. The summed E-state index contributed by atoms with van der Waals surface area (Å²) in [5.74, 6) is 0.506. The highest BCUT2D eigenvalue weighted by Gasteiger charge is 2.20. The van der Waals surface area contributed by atoms with Crippen LogP contribution in [0.1, 0.15) is 21.5 Å². The summed E-state index contributed by atoms with van der Waals surface area (Å²) < 4.78 is 0. The molecule has 0 unspecified atom stereocenters. The topological polar surface area (TPSA) is 89.5 Å². The Morgan fingerprint density at radius 1 is 1.29 bits per heavy atom. The molecule has 4 rings (SSSR count). The number of pyridine rings is 1. The molecular formula is C21H27N5O2. The highest BCUT2D eigenvalue weighted by Crippen LogP contribution is 2.18. The van der Waals surface area contributed by atoms with Gasteiger partial charge in [-0.15, -0.1) is 0 Å². The third kappa shape index (κ3) is 4.67. The molecule has 0 saturated carbocycles. The van der Waals surface area contributed by atoms with Crippen LogP contribution in [-0.2, 0) is 13.0 Å². The highest BCUT2D eigenvalue weighted by atomic mass is 16.3. The summed E-state index contributed by atoms with van der Waals surface area (Å²) in [6.45, 7) is 4.37. The quantitative estimate of drug-likeness (QED) is 0.562. The van der Waals surface area contributed by atoms with Crippen molar-refractivity contribution in [3.05, 3.63) is 59.3 Å². The molecule has 1 aromatic heterocycles. The van der Waals surface area contributed by atoms with E-state index in [-0.39, 0.29) is 12.5 Å². The van der Waals surface area contributed by atoms with E-state index in [0.29, 0.717) is 24.0 Å². The van der Waals surface area contributed by atoms with Gasteiger partial charge in [-0.1, -0.05) is 24.3 Å². The number of aliphatic hydroxyl groups excluding tert-OH is 1. The Morgan fingerprint density at radius 2 is 2.11 bits per heavy atom. The van der Waals surface area contributed by atoms with Gasteiger partial charge < -0.3 is 21.1 Å². The maximum absolute atomic E-state index is 12.4. The lowest BCUT2D eigenvalue weighted by atomic mass is 10.00. The van der Waals surface area contributed by atoms with E-state index in [9.17, 15) is 9.90 Å². The van der Waals surface area contributed by atoms with Crippen molar-refractivity contribution in [2.24, 2.45) is 0 Å². The Morgan fingerprint density at radius 3 is 2.89 bits per heavy atom. The van der Waals surface area contributed by atoms with E-state index in [1.165, 1.54) is 11.1 Å². The molecule has 7 nitrogen and oxygen atoms in total. The molecule has 1 fully saturated rings. The molecule has 7 heteroatoms. The predicted octanol–water partition coefficient (Wildman–Crippen LogP) is 0.614. The Bertz CT molecular complexity index is 824. The van der Waals surface area contributed by atoms with Crippen LogP contribution in [0.4, 0.5) is 5.82 Å². The number of aliphatic hydroxyl groups is 1. The number of fused-ring (bicyclic) bond motifs is 1. The molecule has 1 atom stereocenters. The minimum Gasteiger partial charge on any atom is -0.390 e. The van der Waals surface area contributed by atoms with Gasteiger partial charge in [-0.25, -0.2) is 4.98 Å². The largest absolute Gasteiger partial charge is 0.390 e. The van der Waals surface area contributed by atoms with Crippen molar-refractivity contribution in [3.8, 4) is 0 Å². The number of nitrogens with one attached hydrogen (secondary N) is 3. The van der Waals surface area contributed by atoms with E-state index in [0.717, 1.165) is 32.6 Å². The van der Waals surface area contributed by atoms with E-state index >= 15 is 0 Å². The number of β-amino-alcohol motifs (C(OH)–C–C–N with tert-alkyl or cyclic N) is 1. The van der Waals surface area contributed by atoms with E-state index in [1.807, 2.05) is 0 Å². The molecule has 1 amide bonds. The number of hydrogen-bond donors (Lipinski definition) is 4. The first kappa shape index (κ1) is 18.9. The summed E-state index contributed by atoms with van der Waals surface area (Å²) in [5, 5.41) is 19.7. The number of carbonyl (C=O) groups is 1. The molecule has 1 aromatic carbocycles. The standard InChI is InChI=1S/C21H27N5O2/c27-19(14-26-8-6-15-3-1-2-4-17(15)13-26)12-24-21(28)16-5-7-23-20(9-16)25-18-10-22-11-18/h1-5,7,9,18-19,22,27H,6,8,10-14H2,(H,23,25)(H,24,28)/t19-/m0/s1. The summed E-state index contributed by atoms with van der Waals surface area (Å²) >= 11 is 0. The zero-order chi connectivity index (χ0) is 19.3. The van der Waals surface area contributed by atoms with E-state index in [2.05, 4.69) is 50.1 Å². The molecule has 2 aliphatic heterocycles. The number of hydrogen-bond acceptors (Lipinski definition) is 6. The van der Waals surface area contributed by atoms with E-state index in [1.54, 1.807) is 18.3 Å². The third-order valence-corrected chi connectivity index (χ3v) is 5.33. The van der Waals surface area contributed by atoms with Crippen LogP contribution in [0.3, 0.4) is 0 Å². The van der Waals surface area contributed by atoms with Crippen LogP contribution in [0.25, 0.3) is 0 Å². The predicted molar refractivity (Wildman–Crippen MR) is 108 cm³/mol. The number of amides is 1. The summed E-state index contributed by atoms with van der Waals surface area (Å²) in [6.07, 6.45) is 2.03. The van der Waals surface area contributed by atoms with Crippen molar-refractivity contribution < 1.29 is 9.90 Å². The zero-order valence-electron chi connectivity index (χ0n) is 15.9. The van der Waals surface area contributed by atoms with E-state index < -0.39 is 6.10 Å². The third-order valence-electron chi connectivity index (χ3n) is 5.33. The van der Waals surface area contributed by atoms with Crippen LogP contribution >= 0.6 is 0 Å². The Labute approximate surface area is 165 Å². The van der Waals surface area contributed by atoms with Gasteiger partial charge in [-0.3, -0.25) is 9.69 Å². The monoisotopic (exact) mass is 381 g/mol. The Kier molecular flexibility index (Phi) is 5.85. The molecule has 148 valence electrons. The minimum atomic E-state index is -0.602. The lowest BCUT2D eigenvalue weighted by molar-refractivity contribution is 0.0842. The van der Waals surface area contributed by atoms with Gasteiger partial charge in [0.15, 0.2) is 0 Å². The first-order chi connectivity index (χ1) is 13.7. The highest BCUT2D eigenvalue weighted by molar-refractivity contribution is 5.94. The van der Waals surface area contributed by atoms with Crippen molar-refractivity contribution in [2.75, 3.05) is 38.0 Å². The first-order valence-corrected chi connectivity index (χ1v) is 9.86. The van der Waals surface area contributed by atoms with Crippen LogP contribution in [-0.4, -0.2) is 65.8 Å². The summed E-state index contributed by atoms with van der Waals surface area (Å²) in [6, 6.07) is 12.2. The lowest BCUT2D eigenvalue weighted by Gasteiger charge is -2.30. The van der Waals surface area contributed by atoms with Gasteiger partial charge in [-0.05, 0) is 29.7 Å². The SMILES string of the molecule is O=C(NC[C@H](O)CN1CCc2ccccc2C1)c1ccnc(NC2CNC2)c1. The van der Waals surface area contributed by atoms with Crippen LogP contribution < -0.4 is 16.0 Å². The fourth-order valence-electron chi connectivity index (χ4n) is 3.64. The average molecular weight is 381 g/mol. The van der Waals surface area contributed by atoms with Gasteiger partial charge in [0.2, 0.25) is 0 Å². The van der Waals surface area contributed by atoms with Crippen molar-refractivity contribution in [2.45, 2.75) is 25.1 Å². The van der Waals surface area contributed by atoms with Crippen LogP contribution in [0, 0.1) is 0 Å². The summed E-state index contributed by atoms with van der Waals surface area (Å²) in [7, 11) is 0. The summed E-state index contributed by atoms with van der Waals surface area (Å²) in [5.41, 5.74) is 3.26. The number of aromatic nitrogens is 1. The smallest absolute Gasteiger partial charge is 0.251 e. The molecule has 2 aliphatic rings. The van der Waals surface area contributed by atoms with Gasteiger partial charge in [0.05, 0.1) is 12.1 Å². The number of anilines is 1. The number of benzene rings is 1. The molecule has 0 aliphatic carbocycles. The van der Waals surface area contributed by atoms with Gasteiger partial charge in [-0.2, -0.15) is 0 Å². The second-order valence-electron chi connectivity index (χ2n) is 7.55. The Balaban J connectivity index is 1.25. The first-order valence-electron chi connectivity index (χ1n) is 9.86. The molecule has 1 saturated heterocycles. The zero-order valence-corrected chi connectivity index (χ0v) is 15.9. The average Bonchev–Trinajstić information content (AvgIpc) is 2.69. The fraction of sp³-hybridized carbons (Fsp3) is 0.429. The second kappa shape index (κ2) is 8.68. The molecule has 0 bridgehead atoms. The van der Waals surface area contributed by atoms with Crippen molar-refractivity contribution in [1.29, 1.82) is 0 Å². The fourth-order valence-corrected chi connectivity index (χ4v) is 3.64. The number of nitrogens with zero attached hydrogens (tertiary/aromatic N) is 2. The molecule has 4 N–H and O–H groups in total. The van der Waals surface area contributed by atoms with E-state index in [4.69, 9.17) is 0 Å². The lowest BCUT2D eigenvalue weighted by Crippen LogP contribution is -2.51. The molecule has 0 spiro atoms. The molecular weight excluding hydrogens is 354 g/mol. The van der Waals surface area contributed by atoms with Crippen LogP contribution in [0.2, 0.25) is 0 Å². The van der Waals surface area contributed by atoms with Crippen molar-refractivity contribution in [3.63, 3.8) is 0 Å². The minimum absolute atomic E-state index is 0.194. The van der Waals surface area contributed by atoms with Crippen LogP contribution in [0.15, 0.2) is 42.6 Å². The second-order valence-corrected chi connectivity index (χ2v) is 7.55. The van der Waals surface area contributed by atoms with Gasteiger partial charge in [0, 0.05) is 51.0 Å². The molecule has 0 radical (unpaired) electrons. The molecule has 28 heavy (non-hydrogen) atoms. The molecule has 2 aromatic rings. The summed E-state index contributed by atoms with van der Waals surface area (Å²) in [4.78, 5) is 18.9. The molecule has 3 heterocycles. The van der Waals surface area contributed by atoms with Gasteiger partial charge >= 0.3 is 0 Å². The number of carbonyl (C=O) groups excluding carboxylic acids is 1. The van der Waals surface area contributed by atoms with Crippen molar-refractivity contribution in [1.82, 2.24) is 20.5 Å². The van der Waals surface area contributed by atoms with Crippen LogP contribution in [0.5, 0.6) is 0 Å². The number of rotatable bonds is 7. The van der Waals surface area contributed by atoms with Crippen molar-refractivity contribution >= 4 is 11.7 Å². The van der Waals surface area contributed by atoms with Gasteiger partial charge in [0.25, 0.3) is 5.91 Å². The Hall–Kier alpha value is -2.48. The normalized spacial score (nSPS) is 18.0.